The molecule has 1 aromatic heterocycles. The van der Waals surface area contributed by atoms with Gasteiger partial charge in [-0.2, -0.15) is 0 Å². The first-order valence-electron chi connectivity index (χ1n) is 11.1. The minimum absolute atomic E-state index is 0.0206. The van der Waals surface area contributed by atoms with Crippen molar-refractivity contribution in [3.8, 4) is 17.2 Å². The van der Waals surface area contributed by atoms with E-state index in [0.29, 0.717) is 47.0 Å². The van der Waals surface area contributed by atoms with E-state index < -0.39 is 12.0 Å². The molecular formula is C25H21ClFN5O3. The summed E-state index contributed by atoms with van der Waals surface area (Å²) >= 11 is 6.10. The van der Waals surface area contributed by atoms with Gasteiger partial charge in [0.2, 0.25) is 5.95 Å². The molecule has 0 amide bonds. The van der Waals surface area contributed by atoms with Gasteiger partial charge < -0.3 is 19.9 Å². The van der Waals surface area contributed by atoms with Crippen LogP contribution in [0.15, 0.2) is 59.6 Å². The van der Waals surface area contributed by atoms with E-state index in [4.69, 9.17) is 36.5 Å². The molecule has 10 heteroatoms. The smallest absolute Gasteiger partial charge is 0.212 e. The maximum atomic E-state index is 14.0. The van der Waals surface area contributed by atoms with Crippen LogP contribution in [0, 0.1) is 5.82 Å². The molecule has 0 radical (unpaired) electrons. The van der Waals surface area contributed by atoms with Gasteiger partial charge in [0.15, 0.2) is 23.6 Å². The van der Waals surface area contributed by atoms with Gasteiger partial charge in [0.05, 0.1) is 29.3 Å². The Morgan fingerprint density at radius 2 is 1.89 bits per heavy atom. The molecular weight excluding hydrogens is 473 g/mol. The summed E-state index contributed by atoms with van der Waals surface area (Å²) in [6, 6.07) is 15.7. The number of rotatable bonds is 4. The number of nitrogens with one attached hydrogen (secondary N) is 1. The Balaban J connectivity index is 1.31. The molecule has 0 fully saturated rings. The summed E-state index contributed by atoms with van der Waals surface area (Å²) in [4.78, 5) is 9.32. The fourth-order valence-corrected chi connectivity index (χ4v) is 4.43. The number of hydrogen-bond acceptors (Lipinski definition) is 7. The van der Waals surface area contributed by atoms with E-state index in [1.165, 1.54) is 6.07 Å². The third-order valence-electron chi connectivity index (χ3n) is 5.93. The number of hydrogen-bond donors (Lipinski definition) is 2. The number of ether oxygens (including phenoxy) is 3. The van der Waals surface area contributed by atoms with E-state index in [1.807, 2.05) is 28.8 Å². The van der Waals surface area contributed by atoms with E-state index in [9.17, 15) is 4.39 Å². The van der Waals surface area contributed by atoms with Gasteiger partial charge in [-0.3, -0.25) is 9.88 Å². The Labute approximate surface area is 205 Å². The summed E-state index contributed by atoms with van der Waals surface area (Å²) < 4.78 is 33.5. The number of anilines is 1. The van der Waals surface area contributed by atoms with Crippen molar-refractivity contribution in [1.29, 1.82) is 0 Å². The highest BCUT2D eigenvalue weighted by atomic mass is 35.5. The lowest BCUT2D eigenvalue weighted by molar-refractivity contribution is 0.297. The average Bonchev–Trinajstić information content (AvgIpc) is 3.03. The lowest BCUT2D eigenvalue weighted by atomic mass is 10.1. The van der Waals surface area contributed by atoms with E-state index in [1.54, 1.807) is 24.3 Å². The summed E-state index contributed by atoms with van der Waals surface area (Å²) in [5.41, 5.74) is 8.85. The fraction of sp³-hybridized carbons (Fsp3) is 0.200. The lowest BCUT2D eigenvalue weighted by Gasteiger charge is -2.24. The summed E-state index contributed by atoms with van der Waals surface area (Å²) in [5, 5.41) is 3.36. The Hall–Kier alpha value is -3.98. The number of halogens is 2. The monoisotopic (exact) mass is 493 g/mol. The molecule has 8 nitrogen and oxygen atoms in total. The predicted octanol–water partition coefficient (Wildman–Crippen LogP) is 4.86. The van der Waals surface area contributed by atoms with Crippen LogP contribution in [-0.4, -0.2) is 28.7 Å². The first-order valence-corrected chi connectivity index (χ1v) is 11.5. The Morgan fingerprint density at radius 1 is 1.11 bits per heavy atom. The molecule has 0 bridgehead atoms. The Kier molecular flexibility index (Phi) is 5.33. The lowest BCUT2D eigenvalue weighted by Crippen LogP contribution is -2.31. The maximum absolute atomic E-state index is 14.0. The number of nitrogens with two attached hydrogens (primary N) is 1. The van der Waals surface area contributed by atoms with Gasteiger partial charge in [-0.05, 0) is 29.8 Å². The summed E-state index contributed by atoms with van der Waals surface area (Å²) in [6.07, 6.45) is 0.371. The molecule has 4 aromatic rings. The minimum Gasteiger partial charge on any atom is -0.489 e. The van der Waals surface area contributed by atoms with Crippen LogP contribution in [0.5, 0.6) is 17.2 Å². The highest BCUT2D eigenvalue weighted by Crippen LogP contribution is 2.39. The summed E-state index contributed by atoms with van der Waals surface area (Å²) in [6.45, 7) is 1.21. The van der Waals surface area contributed by atoms with Gasteiger partial charge in [0.25, 0.3) is 0 Å². The van der Waals surface area contributed by atoms with Crippen LogP contribution in [-0.2, 0) is 6.61 Å². The molecule has 0 saturated heterocycles. The third kappa shape index (κ3) is 3.97. The molecule has 0 saturated carbocycles. The molecule has 2 aliphatic heterocycles. The van der Waals surface area contributed by atoms with Crippen molar-refractivity contribution >= 4 is 34.5 Å². The first-order chi connectivity index (χ1) is 17.1. The van der Waals surface area contributed by atoms with Crippen molar-refractivity contribution in [2.24, 2.45) is 10.7 Å². The van der Waals surface area contributed by atoms with Gasteiger partial charge in [-0.15, -0.1) is 0 Å². The second-order valence-corrected chi connectivity index (χ2v) is 8.62. The number of benzene rings is 3. The minimum atomic E-state index is -0.448. The molecule has 0 aliphatic carbocycles. The van der Waals surface area contributed by atoms with Crippen LogP contribution >= 0.6 is 11.6 Å². The van der Waals surface area contributed by atoms with Crippen molar-refractivity contribution < 1.29 is 18.6 Å². The SMILES string of the molecule is NC1=NC(c2ccc(OCc3c(F)cccc3Cl)cc2)n2c(nc3cc4c(cc32)OCCCO4)N1. The Morgan fingerprint density at radius 3 is 2.66 bits per heavy atom. The molecule has 0 spiro atoms. The van der Waals surface area contributed by atoms with E-state index >= 15 is 0 Å². The predicted molar refractivity (Wildman–Crippen MR) is 131 cm³/mol. The zero-order valence-electron chi connectivity index (χ0n) is 18.5. The average molecular weight is 494 g/mol. The van der Waals surface area contributed by atoms with Crippen molar-refractivity contribution in [2.45, 2.75) is 19.2 Å². The number of guanidine groups is 1. The second kappa shape index (κ2) is 8.66. The second-order valence-electron chi connectivity index (χ2n) is 8.21. The zero-order valence-corrected chi connectivity index (χ0v) is 19.3. The topological polar surface area (TPSA) is 95.9 Å². The number of aromatic nitrogens is 2. The number of aliphatic imine (C=N–C) groups is 1. The molecule has 1 atom stereocenters. The highest BCUT2D eigenvalue weighted by Gasteiger charge is 2.27. The van der Waals surface area contributed by atoms with E-state index in [-0.39, 0.29) is 12.6 Å². The van der Waals surface area contributed by atoms with Crippen molar-refractivity contribution in [2.75, 3.05) is 18.5 Å². The third-order valence-corrected chi connectivity index (χ3v) is 6.28. The molecule has 3 N–H and O–H groups in total. The van der Waals surface area contributed by atoms with Crippen molar-refractivity contribution in [1.82, 2.24) is 9.55 Å². The fourth-order valence-electron chi connectivity index (χ4n) is 4.21. The normalized spacial score (nSPS) is 16.7. The standard InChI is InChI=1S/C25H21ClFN5O3/c26-17-3-1-4-18(27)16(17)13-35-15-7-5-14(6-8-15)23-30-24(28)31-25-29-19-11-21-22(12-20(19)32(23)25)34-10-2-9-33-21/h1,3-8,11-12,23H,2,9-10,13H2,(H3,28,29,30,31). The van der Waals surface area contributed by atoms with E-state index in [2.05, 4.69) is 10.3 Å². The zero-order chi connectivity index (χ0) is 23.9. The maximum Gasteiger partial charge on any atom is 0.212 e. The van der Waals surface area contributed by atoms with Crippen LogP contribution in [0.25, 0.3) is 11.0 Å². The van der Waals surface area contributed by atoms with Crippen LogP contribution in [0.2, 0.25) is 5.02 Å². The molecule has 6 rings (SSSR count). The summed E-state index contributed by atoms with van der Waals surface area (Å²) in [5.74, 6) is 2.36. The Bertz CT molecular complexity index is 1430. The largest absolute Gasteiger partial charge is 0.489 e. The van der Waals surface area contributed by atoms with Crippen molar-refractivity contribution in [3.05, 3.63) is 76.6 Å². The highest BCUT2D eigenvalue weighted by molar-refractivity contribution is 6.31. The van der Waals surface area contributed by atoms with Gasteiger partial charge in [0.1, 0.15) is 18.2 Å². The molecule has 1 unspecified atom stereocenters. The quantitative estimate of drug-likeness (QED) is 0.421. The van der Waals surface area contributed by atoms with Crippen LogP contribution < -0.4 is 25.3 Å². The number of fused-ring (bicyclic) bond motifs is 4. The van der Waals surface area contributed by atoms with Gasteiger partial charge in [0, 0.05) is 24.1 Å². The van der Waals surface area contributed by atoms with Gasteiger partial charge in [-0.25, -0.2) is 14.4 Å². The molecule has 3 aromatic carbocycles. The van der Waals surface area contributed by atoms with Crippen molar-refractivity contribution in [3.63, 3.8) is 0 Å². The molecule has 178 valence electrons. The number of nitrogens with zero attached hydrogens (tertiary/aromatic N) is 3. The van der Waals surface area contributed by atoms with E-state index in [0.717, 1.165) is 23.0 Å². The summed E-state index contributed by atoms with van der Waals surface area (Å²) in [7, 11) is 0. The number of imidazole rings is 1. The van der Waals surface area contributed by atoms with Crippen LogP contribution in [0.1, 0.15) is 23.7 Å². The molecule has 2 aliphatic rings. The molecule has 3 heterocycles. The van der Waals surface area contributed by atoms with Gasteiger partial charge >= 0.3 is 0 Å². The van der Waals surface area contributed by atoms with Crippen LogP contribution in [0.4, 0.5) is 10.3 Å². The van der Waals surface area contributed by atoms with Gasteiger partial charge in [-0.1, -0.05) is 29.8 Å². The van der Waals surface area contributed by atoms with Crippen LogP contribution in [0.3, 0.4) is 0 Å². The first kappa shape index (κ1) is 21.5. The molecule has 35 heavy (non-hydrogen) atoms.